The van der Waals surface area contributed by atoms with Gasteiger partial charge < -0.3 is 10.3 Å². The van der Waals surface area contributed by atoms with Gasteiger partial charge in [0.15, 0.2) is 0 Å². The standard InChI is InChI=1S/C10H11N3OS/c11-8(6-1-2-6)10-12-9(13-14-10)7-3-4-15-5-7/h3-6,8H,1-2,11H2. The second-order valence-electron chi connectivity index (χ2n) is 3.83. The van der Waals surface area contributed by atoms with Crippen LogP contribution in [0.3, 0.4) is 0 Å². The summed E-state index contributed by atoms with van der Waals surface area (Å²) in [5.41, 5.74) is 6.97. The van der Waals surface area contributed by atoms with Gasteiger partial charge in [-0.2, -0.15) is 16.3 Å². The van der Waals surface area contributed by atoms with Gasteiger partial charge in [-0.25, -0.2) is 0 Å². The van der Waals surface area contributed by atoms with E-state index in [1.54, 1.807) is 11.3 Å². The van der Waals surface area contributed by atoms with Crippen molar-refractivity contribution in [3.8, 4) is 11.4 Å². The number of rotatable bonds is 3. The summed E-state index contributed by atoms with van der Waals surface area (Å²) in [6.07, 6.45) is 2.36. The second kappa shape index (κ2) is 3.43. The molecule has 0 aliphatic heterocycles. The van der Waals surface area contributed by atoms with Crippen molar-refractivity contribution in [1.82, 2.24) is 10.1 Å². The maximum absolute atomic E-state index is 5.97. The summed E-state index contributed by atoms with van der Waals surface area (Å²) < 4.78 is 5.17. The van der Waals surface area contributed by atoms with Crippen LogP contribution in [0.1, 0.15) is 24.8 Å². The van der Waals surface area contributed by atoms with Gasteiger partial charge in [-0.3, -0.25) is 0 Å². The summed E-state index contributed by atoms with van der Waals surface area (Å²) in [7, 11) is 0. The van der Waals surface area contributed by atoms with E-state index in [9.17, 15) is 0 Å². The van der Waals surface area contributed by atoms with Gasteiger partial charge in [0.1, 0.15) is 0 Å². The highest BCUT2D eigenvalue weighted by atomic mass is 32.1. The lowest BCUT2D eigenvalue weighted by molar-refractivity contribution is 0.343. The molecule has 1 atom stereocenters. The van der Waals surface area contributed by atoms with Crippen LogP contribution in [0.5, 0.6) is 0 Å². The Morgan fingerprint density at radius 1 is 1.53 bits per heavy atom. The minimum absolute atomic E-state index is 0.0788. The van der Waals surface area contributed by atoms with Gasteiger partial charge in [0.05, 0.1) is 6.04 Å². The molecule has 0 aromatic carbocycles. The molecule has 1 aliphatic rings. The Kier molecular flexibility index (Phi) is 2.07. The molecule has 0 saturated heterocycles. The van der Waals surface area contributed by atoms with Crippen LogP contribution in [0.2, 0.25) is 0 Å². The van der Waals surface area contributed by atoms with Crippen molar-refractivity contribution in [3.05, 3.63) is 22.7 Å². The van der Waals surface area contributed by atoms with Crippen molar-refractivity contribution in [2.75, 3.05) is 0 Å². The smallest absolute Gasteiger partial charge is 0.244 e. The van der Waals surface area contributed by atoms with E-state index in [0.717, 1.165) is 5.56 Å². The van der Waals surface area contributed by atoms with E-state index < -0.39 is 0 Å². The largest absolute Gasteiger partial charge is 0.337 e. The maximum atomic E-state index is 5.97. The number of nitrogens with two attached hydrogens (primary N) is 1. The van der Waals surface area contributed by atoms with Crippen molar-refractivity contribution in [1.29, 1.82) is 0 Å². The van der Waals surface area contributed by atoms with Crippen LogP contribution in [0.4, 0.5) is 0 Å². The van der Waals surface area contributed by atoms with E-state index in [1.165, 1.54) is 12.8 Å². The van der Waals surface area contributed by atoms with E-state index in [1.807, 2.05) is 16.8 Å². The Hall–Kier alpha value is -1.20. The highest BCUT2D eigenvalue weighted by molar-refractivity contribution is 7.08. The molecule has 0 amide bonds. The van der Waals surface area contributed by atoms with Crippen molar-refractivity contribution in [3.63, 3.8) is 0 Å². The zero-order valence-electron chi connectivity index (χ0n) is 8.09. The van der Waals surface area contributed by atoms with Gasteiger partial charge in [0, 0.05) is 10.9 Å². The summed E-state index contributed by atoms with van der Waals surface area (Å²) in [5.74, 6) is 1.75. The fourth-order valence-electron chi connectivity index (χ4n) is 1.54. The van der Waals surface area contributed by atoms with Gasteiger partial charge in [0.25, 0.3) is 0 Å². The number of hydrogen-bond acceptors (Lipinski definition) is 5. The SMILES string of the molecule is NC(c1nc(-c2ccsc2)no1)C1CC1. The van der Waals surface area contributed by atoms with Gasteiger partial charge in [-0.15, -0.1) is 0 Å². The molecule has 2 N–H and O–H groups in total. The molecule has 0 radical (unpaired) electrons. The van der Waals surface area contributed by atoms with E-state index >= 15 is 0 Å². The molecule has 5 heteroatoms. The predicted molar refractivity (Wildman–Crippen MR) is 57.3 cm³/mol. The van der Waals surface area contributed by atoms with Crippen LogP contribution in [0, 0.1) is 5.92 Å². The van der Waals surface area contributed by atoms with E-state index in [-0.39, 0.29) is 6.04 Å². The summed E-state index contributed by atoms with van der Waals surface area (Å²) in [6, 6.07) is 1.90. The molecule has 1 saturated carbocycles. The Morgan fingerprint density at radius 3 is 3.07 bits per heavy atom. The Bertz CT molecular complexity index is 447. The van der Waals surface area contributed by atoms with E-state index in [4.69, 9.17) is 10.3 Å². The topological polar surface area (TPSA) is 64.9 Å². The van der Waals surface area contributed by atoms with Gasteiger partial charge in [-0.05, 0) is 30.2 Å². The second-order valence-corrected chi connectivity index (χ2v) is 4.61. The lowest BCUT2D eigenvalue weighted by Gasteiger charge is -2.01. The van der Waals surface area contributed by atoms with Crippen LogP contribution < -0.4 is 5.73 Å². The summed E-state index contributed by atoms with van der Waals surface area (Å²) in [4.78, 5) is 4.32. The van der Waals surface area contributed by atoms with Crippen LogP contribution in [0.25, 0.3) is 11.4 Å². The molecular weight excluding hydrogens is 210 g/mol. The van der Waals surface area contributed by atoms with Crippen molar-refractivity contribution < 1.29 is 4.52 Å². The third-order valence-electron chi connectivity index (χ3n) is 2.64. The average Bonchev–Trinajstić information content (AvgIpc) is 2.80. The van der Waals surface area contributed by atoms with Crippen LogP contribution in [-0.2, 0) is 0 Å². The van der Waals surface area contributed by atoms with Crippen molar-refractivity contribution >= 4 is 11.3 Å². The monoisotopic (exact) mass is 221 g/mol. The number of thiophene rings is 1. The maximum Gasteiger partial charge on any atom is 0.244 e. The molecule has 2 heterocycles. The van der Waals surface area contributed by atoms with Gasteiger partial charge in [0.2, 0.25) is 11.7 Å². The lowest BCUT2D eigenvalue weighted by atomic mass is 10.2. The number of hydrogen-bond donors (Lipinski definition) is 1. The molecule has 4 nitrogen and oxygen atoms in total. The first-order valence-corrected chi connectivity index (χ1v) is 5.90. The normalized spacial score (nSPS) is 17.9. The third kappa shape index (κ3) is 1.68. The first kappa shape index (κ1) is 9.06. The summed E-state index contributed by atoms with van der Waals surface area (Å²) in [5, 5.41) is 7.92. The highest BCUT2D eigenvalue weighted by Crippen LogP contribution is 2.39. The van der Waals surface area contributed by atoms with Crippen LogP contribution in [-0.4, -0.2) is 10.1 Å². The molecule has 1 unspecified atom stereocenters. The number of aromatic nitrogens is 2. The molecule has 2 aromatic heterocycles. The minimum atomic E-state index is -0.0788. The molecule has 1 aliphatic carbocycles. The zero-order chi connectivity index (χ0) is 10.3. The molecule has 0 spiro atoms. The van der Waals surface area contributed by atoms with Crippen LogP contribution >= 0.6 is 11.3 Å². The molecule has 3 rings (SSSR count). The van der Waals surface area contributed by atoms with Crippen molar-refractivity contribution in [2.24, 2.45) is 11.7 Å². The van der Waals surface area contributed by atoms with Crippen molar-refractivity contribution in [2.45, 2.75) is 18.9 Å². The zero-order valence-corrected chi connectivity index (χ0v) is 8.91. The van der Waals surface area contributed by atoms with E-state index in [0.29, 0.717) is 17.6 Å². The Balaban J connectivity index is 1.87. The first-order valence-electron chi connectivity index (χ1n) is 4.96. The van der Waals surface area contributed by atoms with Gasteiger partial charge in [-0.1, -0.05) is 5.16 Å². The fourth-order valence-corrected chi connectivity index (χ4v) is 2.17. The molecular formula is C10H11N3OS. The minimum Gasteiger partial charge on any atom is -0.337 e. The highest BCUT2D eigenvalue weighted by Gasteiger charge is 2.33. The molecule has 2 aromatic rings. The molecule has 78 valence electrons. The van der Waals surface area contributed by atoms with Gasteiger partial charge >= 0.3 is 0 Å². The predicted octanol–water partition coefficient (Wildman–Crippen LogP) is 2.21. The average molecular weight is 221 g/mol. The summed E-state index contributed by atoms with van der Waals surface area (Å²) in [6.45, 7) is 0. The summed E-state index contributed by atoms with van der Waals surface area (Å²) >= 11 is 1.62. The fraction of sp³-hybridized carbons (Fsp3) is 0.400. The molecule has 1 fully saturated rings. The third-order valence-corrected chi connectivity index (χ3v) is 3.32. The quantitative estimate of drug-likeness (QED) is 0.863. The lowest BCUT2D eigenvalue weighted by Crippen LogP contribution is -2.12. The Morgan fingerprint density at radius 2 is 2.40 bits per heavy atom. The molecule has 0 bridgehead atoms. The van der Waals surface area contributed by atoms with E-state index in [2.05, 4.69) is 10.1 Å². The Labute approximate surface area is 91.1 Å². The number of nitrogens with zero attached hydrogens (tertiary/aromatic N) is 2. The molecule has 15 heavy (non-hydrogen) atoms. The first-order chi connectivity index (χ1) is 7.34. The van der Waals surface area contributed by atoms with Crippen LogP contribution in [0.15, 0.2) is 21.3 Å².